The van der Waals surface area contributed by atoms with Crippen LogP contribution in [0.25, 0.3) is 11.3 Å². The van der Waals surface area contributed by atoms with Gasteiger partial charge in [0.25, 0.3) is 0 Å². The van der Waals surface area contributed by atoms with Crippen LogP contribution in [-0.4, -0.2) is 45.2 Å². The van der Waals surface area contributed by atoms with Crippen molar-refractivity contribution in [2.45, 2.75) is 13.1 Å². The van der Waals surface area contributed by atoms with Crippen LogP contribution in [0.5, 0.6) is 5.75 Å². The van der Waals surface area contributed by atoms with Crippen molar-refractivity contribution in [1.29, 1.82) is 0 Å². The SMILES string of the molecule is COC(=O)c1ccc(NC(=S)CNN=C(C)c2nn(C)c(-c3ccc(C(F)(F)F)cc3)c2O)cc1Cl. The highest BCUT2D eigenvalue weighted by atomic mass is 35.5. The number of rotatable bonds is 7. The minimum Gasteiger partial charge on any atom is -0.504 e. The number of aromatic hydroxyl groups is 1. The topological polar surface area (TPSA) is 101 Å². The third-order valence-electron chi connectivity index (χ3n) is 5.00. The van der Waals surface area contributed by atoms with E-state index in [1.54, 1.807) is 20.0 Å². The summed E-state index contributed by atoms with van der Waals surface area (Å²) < 4.78 is 44.5. The maximum absolute atomic E-state index is 12.8. The number of alkyl halides is 3. The average molecular weight is 540 g/mol. The molecule has 3 rings (SSSR count). The molecule has 13 heteroatoms. The van der Waals surface area contributed by atoms with Crippen LogP contribution < -0.4 is 10.7 Å². The summed E-state index contributed by atoms with van der Waals surface area (Å²) in [5.74, 6) is -0.777. The summed E-state index contributed by atoms with van der Waals surface area (Å²) >= 11 is 11.4. The number of methoxy groups -OCH3 is 1. The second-order valence-corrected chi connectivity index (χ2v) is 8.41. The number of ether oxygens (including phenoxy) is 1. The van der Waals surface area contributed by atoms with E-state index in [0.717, 1.165) is 12.1 Å². The largest absolute Gasteiger partial charge is 0.504 e. The molecule has 3 N–H and O–H groups in total. The fourth-order valence-corrected chi connectivity index (χ4v) is 3.69. The molecule has 0 amide bonds. The third kappa shape index (κ3) is 6.13. The number of carbonyl (C=O) groups is 1. The first kappa shape index (κ1) is 27.0. The van der Waals surface area contributed by atoms with Crippen molar-refractivity contribution in [3.8, 4) is 17.0 Å². The van der Waals surface area contributed by atoms with Gasteiger partial charge >= 0.3 is 12.1 Å². The number of aromatic nitrogens is 2. The van der Waals surface area contributed by atoms with E-state index in [0.29, 0.717) is 22.0 Å². The lowest BCUT2D eigenvalue weighted by molar-refractivity contribution is -0.137. The van der Waals surface area contributed by atoms with E-state index in [1.165, 1.54) is 36.1 Å². The molecule has 0 bridgehead atoms. The zero-order valence-electron chi connectivity index (χ0n) is 19.3. The predicted octanol–water partition coefficient (Wildman–Crippen LogP) is 5.00. The first-order chi connectivity index (χ1) is 16.9. The highest BCUT2D eigenvalue weighted by Crippen LogP contribution is 2.35. The van der Waals surface area contributed by atoms with Gasteiger partial charge in [-0.3, -0.25) is 4.68 Å². The van der Waals surface area contributed by atoms with E-state index < -0.39 is 17.7 Å². The summed E-state index contributed by atoms with van der Waals surface area (Å²) in [5, 5.41) is 22.2. The molecule has 190 valence electrons. The van der Waals surface area contributed by atoms with E-state index >= 15 is 0 Å². The number of halogens is 4. The van der Waals surface area contributed by atoms with E-state index in [4.69, 9.17) is 23.8 Å². The summed E-state index contributed by atoms with van der Waals surface area (Å²) in [6, 6.07) is 9.07. The normalized spacial score (nSPS) is 11.8. The standard InChI is InChI=1S/C23H21ClF3N5O3S/c1-12(30-28-11-18(36)29-15-8-9-16(17(24)10-15)22(34)35-3)19-21(33)20(32(2)31-19)13-4-6-14(7-5-13)23(25,26)27/h4-10,28,33H,11H2,1-3H3,(H,29,36). The molecule has 1 aromatic heterocycles. The number of aryl methyl sites for hydroxylation is 1. The van der Waals surface area contributed by atoms with Crippen LogP contribution in [0.15, 0.2) is 47.6 Å². The van der Waals surface area contributed by atoms with Gasteiger partial charge in [-0.05, 0) is 37.3 Å². The molecule has 0 aliphatic heterocycles. The summed E-state index contributed by atoms with van der Waals surface area (Å²) in [6.07, 6.45) is -4.46. The van der Waals surface area contributed by atoms with Crippen molar-refractivity contribution in [3.63, 3.8) is 0 Å². The smallest absolute Gasteiger partial charge is 0.416 e. The molecule has 3 aromatic rings. The Morgan fingerprint density at radius 2 is 1.92 bits per heavy atom. The monoisotopic (exact) mass is 539 g/mol. The second kappa shape index (κ2) is 11.0. The molecular weight excluding hydrogens is 519 g/mol. The second-order valence-electron chi connectivity index (χ2n) is 7.51. The summed E-state index contributed by atoms with van der Waals surface area (Å²) in [5.41, 5.74) is 3.86. The molecule has 0 spiro atoms. The van der Waals surface area contributed by atoms with Crippen molar-refractivity contribution >= 4 is 46.2 Å². The Bertz CT molecular complexity index is 1320. The minimum absolute atomic E-state index is 0.127. The Labute approximate surface area is 214 Å². The third-order valence-corrected chi connectivity index (χ3v) is 5.55. The number of nitrogens with zero attached hydrogens (tertiary/aromatic N) is 3. The van der Waals surface area contributed by atoms with E-state index in [2.05, 4.69) is 25.7 Å². The van der Waals surface area contributed by atoms with E-state index in [-0.39, 0.29) is 34.3 Å². The van der Waals surface area contributed by atoms with Gasteiger partial charge in [0, 0.05) is 18.3 Å². The van der Waals surface area contributed by atoms with Crippen molar-refractivity contribution in [2.24, 2.45) is 12.1 Å². The molecule has 0 aliphatic rings. The first-order valence-corrected chi connectivity index (χ1v) is 11.1. The fourth-order valence-electron chi connectivity index (χ4n) is 3.25. The number of hydrogen-bond donors (Lipinski definition) is 3. The van der Waals surface area contributed by atoms with Gasteiger partial charge in [-0.15, -0.1) is 0 Å². The molecule has 0 fully saturated rings. The van der Waals surface area contributed by atoms with Crippen LogP contribution in [-0.2, 0) is 18.0 Å². The maximum Gasteiger partial charge on any atom is 0.416 e. The van der Waals surface area contributed by atoms with Gasteiger partial charge in [0.15, 0.2) is 11.4 Å². The zero-order valence-corrected chi connectivity index (χ0v) is 20.8. The van der Waals surface area contributed by atoms with Gasteiger partial charge in [-0.2, -0.15) is 23.4 Å². The van der Waals surface area contributed by atoms with Crippen molar-refractivity contribution in [2.75, 3.05) is 19.0 Å². The number of carbonyl (C=O) groups excluding carboxylic acids is 1. The molecule has 1 heterocycles. The Balaban J connectivity index is 1.66. The summed E-state index contributed by atoms with van der Waals surface area (Å²) in [6.45, 7) is 1.73. The van der Waals surface area contributed by atoms with Crippen LogP contribution in [0.3, 0.4) is 0 Å². The number of thiocarbonyl (C=S) groups is 1. The molecule has 0 unspecified atom stereocenters. The molecule has 36 heavy (non-hydrogen) atoms. The van der Waals surface area contributed by atoms with Crippen molar-refractivity contribution in [1.82, 2.24) is 15.2 Å². The van der Waals surface area contributed by atoms with E-state index in [9.17, 15) is 23.1 Å². The highest BCUT2D eigenvalue weighted by molar-refractivity contribution is 7.80. The molecule has 0 atom stereocenters. The fraction of sp³-hybridized carbons (Fsp3) is 0.217. The summed E-state index contributed by atoms with van der Waals surface area (Å²) in [4.78, 5) is 12.0. The molecule has 8 nitrogen and oxygen atoms in total. The first-order valence-electron chi connectivity index (χ1n) is 10.3. The quantitative estimate of drug-likeness (QED) is 0.168. The van der Waals surface area contributed by atoms with Gasteiger partial charge in [0.1, 0.15) is 10.7 Å². The van der Waals surface area contributed by atoms with Crippen molar-refractivity contribution in [3.05, 3.63) is 64.3 Å². The minimum atomic E-state index is -4.46. The number of esters is 1. The lowest BCUT2D eigenvalue weighted by Crippen LogP contribution is -2.24. The molecule has 0 saturated carbocycles. The zero-order chi connectivity index (χ0) is 26.6. The maximum atomic E-state index is 12.8. The van der Waals surface area contributed by atoms with Gasteiger partial charge in [-0.25, -0.2) is 4.79 Å². The Hall–Kier alpha value is -3.64. The lowest BCUT2D eigenvalue weighted by atomic mass is 10.1. The molecule has 2 aromatic carbocycles. The number of nitrogens with one attached hydrogen (secondary N) is 2. The van der Waals surface area contributed by atoms with Gasteiger partial charge in [0.05, 0.1) is 35.5 Å². The van der Waals surface area contributed by atoms with Crippen LogP contribution >= 0.6 is 23.8 Å². The van der Waals surface area contributed by atoms with Crippen LogP contribution in [0, 0.1) is 0 Å². The number of hydrazone groups is 1. The number of hydrogen-bond acceptors (Lipinski definition) is 7. The molecular formula is C23H21ClF3N5O3S. The van der Waals surface area contributed by atoms with Crippen LogP contribution in [0.2, 0.25) is 5.02 Å². The van der Waals surface area contributed by atoms with Gasteiger partial charge in [-0.1, -0.05) is 36.0 Å². The highest BCUT2D eigenvalue weighted by Gasteiger charge is 2.30. The number of anilines is 1. The predicted molar refractivity (Wildman–Crippen MR) is 135 cm³/mol. The molecule has 0 aliphatic carbocycles. The molecule has 0 saturated heterocycles. The Kier molecular flexibility index (Phi) is 8.21. The average Bonchev–Trinajstić information content (AvgIpc) is 3.12. The lowest BCUT2D eigenvalue weighted by Gasteiger charge is -2.10. The van der Waals surface area contributed by atoms with Gasteiger partial charge in [0.2, 0.25) is 0 Å². The van der Waals surface area contributed by atoms with Crippen LogP contribution in [0.1, 0.15) is 28.5 Å². The molecule has 0 radical (unpaired) electrons. The Morgan fingerprint density at radius 3 is 2.50 bits per heavy atom. The van der Waals surface area contributed by atoms with E-state index in [1.807, 2.05) is 0 Å². The van der Waals surface area contributed by atoms with Crippen molar-refractivity contribution < 1.29 is 27.8 Å². The van der Waals surface area contributed by atoms with Crippen LogP contribution in [0.4, 0.5) is 18.9 Å². The van der Waals surface area contributed by atoms with Gasteiger partial charge < -0.3 is 20.6 Å². The number of benzene rings is 2. The summed E-state index contributed by atoms with van der Waals surface area (Å²) in [7, 11) is 2.82. The Morgan fingerprint density at radius 1 is 1.25 bits per heavy atom.